The smallest absolute Gasteiger partial charge is 0.0964 e. The van der Waals surface area contributed by atoms with Crippen molar-refractivity contribution >= 4 is 21.6 Å². The van der Waals surface area contributed by atoms with Crippen molar-refractivity contribution in [2.45, 2.75) is 38.2 Å². The lowest BCUT2D eigenvalue weighted by Gasteiger charge is -2.26. The molecule has 1 N–H and O–H groups in total. The summed E-state index contributed by atoms with van der Waals surface area (Å²) < 4.78 is 1.23. The van der Waals surface area contributed by atoms with Crippen molar-refractivity contribution in [1.29, 1.82) is 0 Å². The Labute approximate surface area is 117 Å². The summed E-state index contributed by atoms with van der Waals surface area (Å²) in [7, 11) is 0. The predicted octanol–water partition coefficient (Wildman–Crippen LogP) is 3.64. The molecule has 2 fully saturated rings. The second-order valence-electron chi connectivity index (χ2n) is 6.19. The third kappa shape index (κ3) is 2.09. The maximum absolute atomic E-state index is 10.5. The van der Waals surface area contributed by atoms with Crippen LogP contribution in [0.5, 0.6) is 0 Å². The molecule has 1 aromatic carbocycles. The third-order valence-electron chi connectivity index (χ3n) is 5.01. The van der Waals surface area contributed by atoms with E-state index in [0.717, 1.165) is 28.8 Å². The number of hydrogen-bond acceptors (Lipinski definition) is 3. The molecule has 2 aromatic rings. The molecule has 2 bridgehead atoms. The van der Waals surface area contributed by atoms with Gasteiger partial charge in [-0.05, 0) is 49.1 Å². The van der Waals surface area contributed by atoms with Crippen LogP contribution >= 0.6 is 11.3 Å². The highest BCUT2D eigenvalue weighted by molar-refractivity contribution is 7.18. The Balaban J connectivity index is 1.51. The molecule has 4 rings (SSSR count). The highest BCUT2D eigenvalue weighted by Crippen LogP contribution is 2.50. The highest BCUT2D eigenvalue weighted by atomic mass is 32.1. The van der Waals surface area contributed by atoms with Gasteiger partial charge in [-0.25, -0.2) is 4.98 Å². The van der Waals surface area contributed by atoms with Gasteiger partial charge < -0.3 is 5.11 Å². The Kier molecular flexibility index (Phi) is 2.85. The SMILES string of the molecule is OC(Cc1nc2ccccc2s1)C1CC2CCC1C2. The van der Waals surface area contributed by atoms with Gasteiger partial charge in [0.25, 0.3) is 0 Å². The summed E-state index contributed by atoms with van der Waals surface area (Å²) in [5.74, 6) is 2.22. The van der Waals surface area contributed by atoms with Crippen molar-refractivity contribution in [3.63, 3.8) is 0 Å². The Morgan fingerprint density at radius 3 is 2.89 bits per heavy atom. The molecular formula is C16H19NOS. The van der Waals surface area contributed by atoms with Crippen LogP contribution in [0.25, 0.3) is 10.2 Å². The molecule has 0 radical (unpaired) electrons. The number of hydrogen-bond donors (Lipinski definition) is 1. The predicted molar refractivity (Wildman–Crippen MR) is 78.3 cm³/mol. The molecule has 0 saturated heterocycles. The topological polar surface area (TPSA) is 33.1 Å². The molecule has 1 aromatic heterocycles. The zero-order valence-electron chi connectivity index (χ0n) is 11.0. The molecule has 2 nitrogen and oxygen atoms in total. The van der Waals surface area contributed by atoms with Crippen molar-refractivity contribution in [1.82, 2.24) is 4.98 Å². The van der Waals surface area contributed by atoms with Crippen LogP contribution in [0.1, 0.15) is 30.7 Å². The fourth-order valence-corrected chi connectivity index (χ4v) is 5.12. The number of thiazole rings is 1. The molecule has 2 aliphatic carbocycles. The number of aliphatic hydroxyl groups is 1. The lowest BCUT2D eigenvalue weighted by molar-refractivity contribution is 0.0751. The van der Waals surface area contributed by atoms with Crippen LogP contribution in [-0.4, -0.2) is 16.2 Å². The van der Waals surface area contributed by atoms with E-state index in [0.29, 0.717) is 5.92 Å². The number of rotatable bonds is 3. The van der Waals surface area contributed by atoms with Crippen LogP contribution in [-0.2, 0) is 6.42 Å². The number of fused-ring (bicyclic) bond motifs is 3. The van der Waals surface area contributed by atoms with Gasteiger partial charge in [-0.1, -0.05) is 18.6 Å². The molecule has 0 amide bonds. The first-order chi connectivity index (χ1) is 9.29. The maximum Gasteiger partial charge on any atom is 0.0964 e. The number of nitrogens with zero attached hydrogens (tertiary/aromatic N) is 1. The Bertz CT molecular complexity index is 560. The summed E-state index contributed by atoms with van der Waals surface area (Å²) in [5, 5.41) is 11.6. The van der Waals surface area contributed by atoms with E-state index < -0.39 is 0 Å². The summed E-state index contributed by atoms with van der Waals surface area (Å²) in [5.41, 5.74) is 1.07. The second kappa shape index (κ2) is 4.57. The van der Waals surface area contributed by atoms with E-state index in [1.807, 2.05) is 6.07 Å². The highest BCUT2D eigenvalue weighted by Gasteiger charge is 2.42. The van der Waals surface area contributed by atoms with Crippen molar-refractivity contribution in [3.8, 4) is 0 Å². The molecule has 4 unspecified atom stereocenters. The quantitative estimate of drug-likeness (QED) is 0.926. The zero-order chi connectivity index (χ0) is 12.8. The second-order valence-corrected chi connectivity index (χ2v) is 7.30. The van der Waals surface area contributed by atoms with Crippen molar-refractivity contribution in [3.05, 3.63) is 29.3 Å². The number of aliphatic hydroxyl groups excluding tert-OH is 1. The van der Waals surface area contributed by atoms with Gasteiger partial charge in [0.2, 0.25) is 0 Å². The summed E-state index contributed by atoms with van der Waals surface area (Å²) in [6, 6.07) is 8.24. The van der Waals surface area contributed by atoms with E-state index in [-0.39, 0.29) is 6.10 Å². The largest absolute Gasteiger partial charge is 0.392 e. The average Bonchev–Trinajstić information content (AvgIpc) is 3.12. The van der Waals surface area contributed by atoms with Gasteiger partial charge in [0.05, 0.1) is 21.3 Å². The van der Waals surface area contributed by atoms with E-state index in [2.05, 4.69) is 23.2 Å². The van der Waals surface area contributed by atoms with Crippen LogP contribution in [0.3, 0.4) is 0 Å². The Morgan fingerprint density at radius 1 is 1.26 bits per heavy atom. The third-order valence-corrected chi connectivity index (χ3v) is 6.07. The van der Waals surface area contributed by atoms with Gasteiger partial charge in [-0.3, -0.25) is 0 Å². The summed E-state index contributed by atoms with van der Waals surface area (Å²) in [6.07, 6.45) is 5.91. The van der Waals surface area contributed by atoms with Gasteiger partial charge in [-0.15, -0.1) is 11.3 Å². The van der Waals surface area contributed by atoms with Crippen molar-refractivity contribution in [2.24, 2.45) is 17.8 Å². The lowest BCUT2D eigenvalue weighted by Crippen LogP contribution is -2.27. The van der Waals surface area contributed by atoms with E-state index in [4.69, 9.17) is 0 Å². The standard InChI is InChI=1S/C16H19NOS/c18-14(12-8-10-5-6-11(12)7-10)9-16-17-13-3-1-2-4-15(13)19-16/h1-4,10-12,14,18H,5-9H2. The fraction of sp³-hybridized carbons (Fsp3) is 0.562. The molecule has 2 saturated carbocycles. The summed E-state index contributed by atoms with van der Waals surface area (Å²) in [4.78, 5) is 4.64. The molecule has 1 heterocycles. The molecule has 0 spiro atoms. The van der Waals surface area contributed by atoms with Gasteiger partial charge >= 0.3 is 0 Å². The van der Waals surface area contributed by atoms with Crippen molar-refractivity contribution in [2.75, 3.05) is 0 Å². The average molecular weight is 273 g/mol. The van der Waals surface area contributed by atoms with Gasteiger partial charge in [0, 0.05) is 6.42 Å². The normalized spacial score (nSPS) is 31.1. The minimum absolute atomic E-state index is 0.184. The van der Waals surface area contributed by atoms with Crippen LogP contribution in [0.2, 0.25) is 0 Å². The van der Waals surface area contributed by atoms with Gasteiger partial charge in [0.15, 0.2) is 0 Å². The summed E-state index contributed by atoms with van der Waals surface area (Å²) in [6.45, 7) is 0. The number of aromatic nitrogens is 1. The molecule has 0 aliphatic heterocycles. The molecular weight excluding hydrogens is 254 g/mol. The minimum Gasteiger partial charge on any atom is -0.392 e. The first kappa shape index (κ1) is 11.9. The molecule has 2 aliphatic rings. The monoisotopic (exact) mass is 273 g/mol. The van der Waals surface area contributed by atoms with Crippen LogP contribution in [0.15, 0.2) is 24.3 Å². The molecule has 4 atom stereocenters. The van der Waals surface area contributed by atoms with Crippen LogP contribution in [0.4, 0.5) is 0 Å². The Morgan fingerprint density at radius 2 is 2.16 bits per heavy atom. The zero-order valence-corrected chi connectivity index (χ0v) is 11.8. The van der Waals surface area contributed by atoms with Crippen molar-refractivity contribution < 1.29 is 5.11 Å². The first-order valence-corrected chi connectivity index (χ1v) is 8.14. The summed E-state index contributed by atoms with van der Waals surface area (Å²) >= 11 is 1.73. The molecule has 100 valence electrons. The Hall–Kier alpha value is -0.930. The van der Waals surface area contributed by atoms with E-state index in [1.165, 1.54) is 30.4 Å². The van der Waals surface area contributed by atoms with E-state index in [1.54, 1.807) is 11.3 Å². The lowest BCUT2D eigenvalue weighted by atomic mass is 9.84. The van der Waals surface area contributed by atoms with Crippen LogP contribution in [0, 0.1) is 17.8 Å². The van der Waals surface area contributed by atoms with Crippen LogP contribution < -0.4 is 0 Å². The minimum atomic E-state index is -0.184. The fourth-order valence-electron chi connectivity index (χ4n) is 4.10. The maximum atomic E-state index is 10.5. The van der Waals surface area contributed by atoms with Gasteiger partial charge in [0.1, 0.15) is 0 Å². The molecule has 19 heavy (non-hydrogen) atoms. The number of para-hydroxylation sites is 1. The van der Waals surface area contributed by atoms with E-state index in [9.17, 15) is 5.11 Å². The van der Waals surface area contributed by atoms with E-state index >= 15 is 0 Å². The first-order valence-electron chi connectivity index (χ1n) is 7.32. The molecule has 3 heteroatoms. The van der Waals surface area contributed by atoms with Gasteiger partial charge in [-0.2, -0.15) is 0 Å². The number of benzene rings is 1.